The molecule has 3 heteroatoms. The van der Waals surface area contributed by atoms with Crippen molar-refractivity contribution >= 4 is 0 Å². The molecule has 1 aromatic heterocycles. The maximum Gasteiger partial charge on any atom is 0.267 e. The Balaban J connectivity index is 3.24. The van der Waals surface area contributed by atoms with Crippen LogP contribution >= 0.6 is 0 Å². The van der Waals surface area contributed by atoms with Crippen LogP contribution in [-0.4, -0.2) is 9.78 Å². The van der Waals surface area contributed by atoms with Gasteiger partial charge in [-0.3, -0.25) is 14.6 Å². The van der Waals surface area contributed by atoms with Gasteiger partial charge in [0.25, 0.3) is 5.56 Å². The van der Waals surface area contributed by atoms with Crippen LogP contribution in [0.4, 0.5) is 0 Å². The molecular weight excluding hydrogens is 200 g/mol. The molecule has 0 unspecified atom stereocenters. The van der Waals surface area contributed by atoms with Crippen molar-refractivity contribution in [2.75, 3.05) is 0 Å². The van der Waals surface area contributed by atoms with E-state index in [-0.39, 0.29) is 11.0 Å². The molecule has 0 aromatic carbocycles. The molecule has 1 heterocycles. The van der Waals surface area contributed by atoms with Crippen molar-refractivity contribution < 1.29 is 0 Å². The number of aryl methyl sites for hydroxylation is 1. The Morgan fingerprint density at radius 1 is 1.25 bits per heavy atom. The fourth-order valence-corrected chi connectivity index (χ4v) is 2.20. The van der Waals surface area contributed by atoms with Crippen LogP contribution in [0.25, 0.3) is 0 Å². The van der Waals surface area contributed by atoms with Crippen molar-refractivity contribution in [2.45, 2.75) is 65.8 Å². The Bertz CT molecular complexity index is 393. The van der Waals surface area contributed by atoms with E-state index in [2.05, 4.69) is 39.7 Å². The fourth-order valence-electron chi connectivity index (χ4n) is 2.20. The van der Waals surface area contributed by atoms with E-state index in [1.165, 1.54) is 5.69 Å². The van der Waals surface area contributed by atoms with Gasteiger partial charge in [-0.05, 0) is 19.8 Å². The number of rotatable bonds is 4. The molecule has 0 radical (unpaired) electrons. The molecule has 92 valence electrons. The molecular formula is C13H24N2O. The molecule has 0 bridgehead atoms. The van der Waals surface area contributed by atoms with Crippen molar-refractivity contribution in [1.82, 2.24) is 9.78 Å². The van der Waals surface area contributed by atoms with Gasteiger partial charge in [0.2, 0.25) is 0 Å². The van der Waals surface area contributed by atoms with Crippen molar-refractivity contribution in [3.8, 4) is 0 Å². The third kappa shape index (κ3) is 2.57. The Morgan fingerprint density at radius 3 is 2.31 bits per heavy atom. The summed E-state index contributed by atoms with van der Waals surface area (Å²) in [6, 6.07) is 0. The molecule has 3 nitrogen and oxygen atoms in total. The molecule has 0 saturated carbocycles. The number of hydrogen-bond donors (Lipinski definition) is 1. The van der Waals surface area contributed by atoms with E-state index in [9.17, 15) is 4.79 Å². The molecule has 0 aliphatic rings. The van der Waals surface area contributed by atoms with Crippen LogP contribution < -0.4 is 5.56 Å². The maximum atomic E-state index is 11.9. The Labute approximate surface area is 97.8 Å². The molecule has 0 amide bonds. The maximum absolute atomic E-state index is 11.9. The fraction of sp³-hybridized carbons (Fsp3) is 0.769. The van der Waals surface area contributed by atoms with E-state index in [0.29, 0.717) is 0 Å². The Hall–Kier alpha value is -0.990. The summed E-state index contributed by atoms with van der Waals surface area (Å²) in [5.41, 5.74) is 2.28. The lowest BCUT2D eigenvalue weighted by atomic mass is 9.88. The summed E-state index contributed by atoms with van der Waals surface area (Å²) < 4.78 is 1.99. The summed E-state index contributed by atoms with van der Waals surface area (Å²) in [7, 11) is 0. The number of nitrogens with zero attached hydrogens (tertiary/aromatic N) is 1. The van der Waals surface area contributed by atoms with Crippen LogP contribution in [-0.2, 0) is 18.4 Å². The minimum absolute atomic E-state index is 0.0260. The van der Waals surface area contributed by atoms with Crippen LogP contribution in [0, 0.1) is 0 Å². The normalized spacial score (nSPS) is 12.1. The number of unbranched alkanes of at least 4 members (excludes halogenated alkanes) is 1. The van der Waals surface area contributed by atoms with Gasteiger partial charge in [-0.2, -0.15) is 0 Å². The number of nitrogens with one attached hydrogen (secondary N) is 1. The standard InChI is InChI=1S/C13H24N2O/c1-6-8-9-10-11(13(3,4)5)15(7-2)14-12(10)16/h6-9H2,1-5H3,(H,14,16). The van der Waals surface area contributed by atoms with Crippen molar-refractivity contribution in [3.63, 3.8) is 0 Å². The molecule has 0 fully saturated rings. The van der Waals surface area contributed by atoms with Crippen LogP contribution in [0.5, 0.6) is 0 Å². The zero-order chi connectivity index (χ0) is 12.3. The minimum atomic E-state index is 0.0260. The van der Waals surface area contributed by atoms with Crippen molar-refractivity contribution in [3.05, 3.63) is 21.6 Å². The highest BCUT2D eigenvalue weighted by molar-refractivity contribution is 5.25. The number of hydrogen-bond acceptors (Lipinski definition) is 1. The molecule has 1 aromatic rings. The first-order valence-electron chi connectivity index (χ1n) is 6.24. The molecule has 1 rings (SSSR count). The van der Waals surface area contributed by atoms with E-state index >= 15 is 0 Å². The third-order valence-electron chi connectivity index (χ3n) is 2.87. The lowest BCUT2D eigenvalue weighted by molar-refractivity contribution is 0.492. The lowest BCUT2D eigenvalue weighted by Crippen LogP contribution is -2.20. The van der Waals surface area contributed by atoms with Gasteiger partial charge < -0.3 is 0 Å². The van der Waals surface area contributed by atoms with Crippen molar-refractivity contribution in [2.24, 2.45) is 0 Å². The van der Waals surface area contributed by atoms with Gasteiger partial charge in [0, 0.05) is 23.2 Å². The molecule has 0 aliphatic heterocycles. The van der Waals surface area contributed by atoms with Crippen molar-refractivity contribution in [1.29, 1.82) is 0 Å². The van der Waals surface area contributed by atoms with Gasteiger partial charge in [-0.25, -0.2) is 0 Å². The highest BCUT2D eigenvalue weighted by atomic mass is 16.1. The SMILES string of the molecule is CCCCc1c(C(C)(C)C)n(CC)[nH]c1=O. The second-order valence-electron chi connectivity index (χ2n) is 5.37. The lowest BCUT2D eigenvalue weighted by Gasteiger charge is -2.22. The van der Waals surface area contributed by atoms with E-state index in [0.717, 1.165) is 31.4 Å². The molecule has 0 atom stereocenters. The van der Waals surface area contributed by atoms with E-state index in [1.54, 1.807) is 0 Å². The average molecular weight is 224 g/mol. The van der Waals surface area contributed by atoms with E-state index in [1.807, 2.05) is 4.68 Å². The molecule has 0 aliphatic carbocycles. The van der Waals surface area contributed by atoms with Gasteiger partial charge in [-0.15, -0.1) is 0 Å². The minimum Gasteiger partial charge on any atom is -0.289 e. The second kappa shape index (κ2) is 4.89. The molecule has 16 heavy (non-hydrogen) atoms. The predicted molar refractivity (Wildman–Crippen MR) is 68.0 cm³/mol. The molecule has 0 spiro atoms. The number of H-pyrrole nitrogens is 1. The zero-order valence-corrected chi connectivity index (χ0v) is 11.2. The largest absolute Gasteiger partial charge is 0.289 e. The monoisotopic (exact) mass is 224 g/mol. The topological polar surface area (TPSA) is 37.8 Å². The molecule has 1 N–H and O–H groups in total. The van der Waals surface area contributed by atoms with Crippen LogP contribution in [0.1, 0.15) is 58.7 Å². The number of aromatic nitrogens is 2. The average Bonchev–Trinajstić information content (AvgIpc) is 2.51. The summed E-state index contributed by atoms with van der Waals surface area (Å²) in [6.07, 6.45) is 3.10. The van der Waals surface area contributed by atoms with Gasteiger partial charge in [0.15, 0.2) is 0 Å². The first kappa shape index (κ1) is 13.1. The second-order valence-corrected chi connectivity index (χ2v) is 5.37. The Kier molecular flexibility index (Phi) is 4.00. The zero-order valence-electron chi connectivity index (χ0n) is 11.2. The summed E-state index contributed by atoms with van der Waals surface area (Å²) >= 11 is 0. The highest BCUT2D eigenvalue weighted by Crippen LogP contribution is 2.24. The summed E-state index contributed by atoms with van der Waals surface area (Å²) in [6.45, 7) is 11.5. The summed E-state index contributed by atoms with van der Waals surface area (Å²) in [5.74, 6) is 0. The first-order valence-corrected chi connectivity index (χ1v) is 6.24. The van der Waals surface area contributed by atoms with Gasteiger partial charge in [0.05, 0.1) is 0 Å². The van der Waals surface area contributed by atoms with Crippen LogP contribution in [0.3, 0.4) is 0 Å². The number of aromatic amines is 1. The highest BCUT2D eigenvalue weighted by Gasteiger charge is 2.24. The Morgan fingerprint density at radius 2 is 1.88 bits per heavy atom. The van der Waals surface area contributed by atoms with E-state index in [4.69, 9.17) is 0 Å². The third-order valence-corrected chi connectivity index (χ3v) is 2.87. The van der Waals surface area contributed by atoms with Gasteiger partial charge in [-0.1, -0.05) is 34.1 Å². The van der Waals surface area contributed by atoms with Crippen LogP contribution in [0.15, 0.2) is 4.79 Å². The van der Waals surface area contributed by atoms with Crippen LogP contribution in [0.2, 0.25) is 0 Å². The van der Waals surface area contributed by atoms with Gasteiger partial charge >= 0.3 is 0 Å². The summed E-state index contributed by atoms with van der Waals surface area (Å²) in [5, 5.41) is 2.94. The predicted octanol–water partition coefficient (Wildman–Crippen LogP) is 2.84. The molecule has 0 saturated heterocycles. The quantitative estimate of drug-likeness (QED) is 0.839. The smallest absolute Gasteiger partial charge is 0.267 e. The van der Waals surface area contributed by atoms with Gasteiger partial charge in [0.1, 0.15) is 0 Å². The summed E-state index contributed by atoms with van der Waals surface area (Å²) in [4.78, 5) is 11.9. The van der Waals surface area contributed by atoms with E-state index < -0.39 is 0 Å². The first-order chi connectivity index (χ1) is 7.41.